The Morgan fingerprint density at radius 2 is 2.17 bits per heavy atom. The van der Waals surface area contributed by atoms with Crippen LogP contribution in [0, 0.1) is 0 Å². The van der Waals surface area contributed by atoms with Crippen LogP contribution in [0.15, 0.2) is 0 Å². The molecule has 5 heteroatoms. The molecule has 0 amide bonds. The summed E-state index contributed by atoms with van der Waals surface area (Å²) in [5, 5.41) is 12.1. The van der Waals surface area contributed by atoms with Crippen LogP contribution in [-0.4, -0.2) is 43.7 Å². The number of hydrogen-bond donors (Lipinski definition) is 2. The van der Waals surface area contributed by atoms with Crippen molar-refractivity contribution in [2.75, 3.05) is 18.1 Å². The van der Waals surface area contributed by atoms with Gasteiger partial charge in [0.1, 0.15) is 0 Å². The van der Waals surface area contributed by atoms with Gasteiger partial charge in [-0.1, -0.05) is 6.92 Å². The van der Waals surface area contributed by atoms with Gasteiger partial charge in [-0.15, -0.1) is 0 Å². The summed E-state index contributed by atoms with van der Waals surface area (Å²) in [5.74, 6) is 0.451. The molecule has 0 bridgehead atoms. The molecule has 0 saturated carbocycles. The fourth-order valence-electron chi connectivity index (χ4n) is 1.13. The molecule has 1 atom stereocenters. The van der Waals surface area contributed by atoms with Gasteiger partial charge in [-0.3, -0.25) is 0 Å². The average molecular weight is 193 g/mol. The first-order chi connectivity index (χ1) is 5.53. The van der Waals surface area contributed by atoms with E-state index < -0.39 is 9.84 Å². The van der Waals surface area contributed by atoms with Gasteiger partial charge in [0.15, 0.2) is 9.84 Å². The fourth-order valence-corrected chi connectivity index (χ4v) is 2.49. The Kier molecular flexibility index (Phi) is 3.09. The molecule has 12 heavy (non-hydrogen) atoms. The number of sulfone groups is 1. The van der Waals surface area contributed by atoms with Crippen LogP contribution in [-0.2, 0) is 9.84 Å². The van der Waals surface area contributed by atoms with Crippen LogP contribution in [0.1, 0.15) is 13.3 Å². The van der Waals surface area contributed by atoms with Crippen molar-refractivity contribution in [3.63, 3.8) is 0 Å². The lowest BCUT2D eigenvalue weighted by molar-refractivity contribution is 0.164. The van der Waals surface area contributed by atoms with Crippen molar-refractivity contribution < 1.29 is 13.5 Å². The molecular formula is C7H15NO3S. The summed E-state index contributed by atoms with van der Waals surface area (Å²) >= 11 is 0. The molecule has 1 aliphatic rings. The number of hydrogen-bond acceptors (Lipinski definition) is 4. The predicted molar refractivity (Wildman–Crippen MR) is 46.7 cm³/mol. The van der Waals surface area contributed by atoms with E-state index in [9.17, 15) is 8.42 Å². The third kappa shape index (κ3) is 2.73. The quantitative estimate of drug-likeness (QED) is 0.610. The summed E-state index contributed by atoms with van der Waals surface area (Å²) in [6, 6.07) is 0.0659. The van der Waals surface area contributed by atoms with E-state index in [4.69, 9.17) is 5.11 Å². The van der Waals surface area contributed by atoms with Gasteiger partial charge in [-0.2, -0.15) is 0 Å². The van der Waals surface area contributed by atoms with E-state index in [1.807, 2.05) is 6.92 Å². The van der Waals surface area contributed by atoms with Crippen LogP contribution in [0.5, 0.6) is 0 Å². The Hall–Kier alpha value is -0.130. The van der Waals surface area contributed by atoms with Gasteiger partial charge in [-0.05, 0) is 6.42 Å². The standard InChI is InChI=1S/C7H15NO3S/c1-2-7(9)3-8-6-4-12(10,11)5-6/h6-9H,2-5H2,1H3/t7-/m1/s1. The topological polar surface area (TPSA) is 66.4 Å². The maximum Gasteiger partial charge on any atom is 0.153 e. The molecular weight excluding hydrogens is 178 g/mol. The van der Waals surface area contributed by atoms with E-state index in [-0.39, 0.29) is 23.7 Å². The zero-order chi connectivity index (χ0) is 9.19. The second-order valence-electron chi connectivity index (χ2n) is 3.24. The molecule has 2 N–H and O–H groups in total. The van der Waals surface area contributed by atoms with Crippen molar-refractivity contribution in [2.45, 2.75) is 25.5 Å². The van der Waals surface area contributed by atoms with E-state index in [0.29, 0.717) is 13.0 Å². The predicted octanol–water partition coefficient (Wildman–Crippen LogP) is -0.856. The van der Waals surface area contributed by atoms with Crippen molar-refractivity contribution in [2.24, 2.45) is 0 Å². The Morgan fingerprint density at radius 1 is 1.58 bits per heavy atom. The molecule has 4 nitrogen and oxygen atoms in total. The smallest absolute Gasteiger partial charge is 0.153 e. The van der Waals surface area contributed by atoms with E-state index in [2.05, 4.69) is 5.32 Å². The van der Waals surface area contributed by atoms with Gasteiger partial charge in [0.25, 0.3) is 0 Å². The maximum atomic E-state index is 10.7. The minimum atomic E-state index is -2.73. The summed E-state index contributed by atoms with van der Waals surface area (Å²) in [4.78, 5) is 0. The van der Waals surface area contributed by atoms with Crippen LogP contribution in [0.4, 0.5) is 0 Å². The molecule has 0 radical (unpaired) electrons. The Morgan fingerprint density at radius 3 is 2.58 bits per heavy atom. The molecule has 72 valence electrons. The highest BCUT2D eigenvalue weighted by molar-refractivity contribution is 7.92. The molecule has 0 aromatic rings. The van der Waals surface area contributed by atoms with Crippen molar-refractivity contribution in [1.82, 2.24) is 5.32 Å². The second kappa shape index (κ2) is 3.72. The van der Waals surface area contributed by atoms with Gasteiger partial charge in [0.2, 0.25) is 0 Å². The molecule has 1 heterocycles. The number of aliphatic hydroxyl groups excluding tert-OH is 1. The van der Waals surface area contributed by atoms with Gasteiger partial charge in [0, 0.05) is 12.6 Å². The summed E-state index contributed by atoms with van der Waals surface area (Å²) in [5.41, 5.74) is 0. The number of aliphatic hydroxyl groups is 1. The van der Waals surface area contributed by atoms with Crippen molar-refractivity contribution in [3.8, 4) is 0 Å². The summed E-state index contributed by atoms with van der Waals surface area (Å²) in [7, 11) is -2.73. The van der Waals surface area contributed by atoms with Crippen molar-refractivity contribution in [1.29, 1.82) is 0 Å². The molecule has 0 aliphatic carbocycles. The highest BCUT2D eigenvalue weighted by atomic mass is 32.2. The highest BCUT2D eigenvalue weighted by Crippen LogP contribution is 2.09. The summed E-state index contributed by atoms with van der Waals surface area (Å²) < 4.78 is 21.4. The van der Waals surface area contributed by atoms with Crippen LogP contribution < -0.4 is 5.32 Å². The van der Waals surface area contributed by atoms with Crippen molar-refractivity contribution in [3.05, 3.63) is 0 Å². The molecule has 0 unspecified atom stereocenters. The normalized spacial score (nSPS) is 24.8. The SMILES string of the molecule is CC[C@@H](O)CNC1CS(=O)(=O)C1. The summed E-state index contributed by atoms with van der Waals surface area (Å²) in [6.07, 6.45) is 0.347. The van der Waals surface area contributed by atoms with E-state index >= 15 is 0 Å². The van der Waals surface area contributed by atoms with Gasteiger partial charge >= 0.3 is 0 Å². The average Bonchev–Trinajstić information content (AvgIpc) is 1.96. The van der Waals surface area contributed by atoms with Gasteiger partial charge in [-0.25, -0.2) is 8.42 Å². The third-order valence-electron chi connectivity index (χ3n) is 2.02. The lowest BCUT2D eigenvalue weighted by atomic mass is 10.2. The van der Waals surface area contributed by atoms with Crippen LogP contribution >= 0.6 is 0 Å². The van der Waals surface area contributed by atoms with Gasteiger partial charge < -0.3 is 10.4 Å². The van der Waals surface area contributed by atoms with Crippen molar-refractivity contribution >= 4 is 9.84 Å². The number of rotatable bonds is 4. The Bertz CT molecular complexity index is 225. The maximum absolute atomic E-state index is 10.7. The van der Waals surface area contributed by atoms with Crippen LogP contribution in [0.2, 0.25) is 0 Å². The molecule has 1 saturated heterocycles. The Balaban J connectivity index is 2.12. The third-order valence-corrected chi connectivity index (χ3v) is 3.84. The first-order valence-electron chi connectivity index (χ1n) is 4.15. The first-order valence-corrected chi connectivity index (χ1v) is 5.97. The molecule has 0 aromatic heterocycles. The van der Waals surface area contributed by atoms with Crippen LogP contribution in [0.3, 0.4) is 0 Å². The number of nitrogens with one attached hydrogen (secondary N) is 1. The summed E-state index contributed by atoms with van der Waals surface area (Å²) in [6.45, 7) is 2.39. The minimum Gasteiger partial charge on any atom is -0.392 e. The molecule has 1 aliphatic heterocycles. The van der Waals surface area contributed by atoms with E-state index in [0.717, 1.165) is 0 Å². The molecule has 1 fully saturated rings. The monoisotopic (exact) mass is 193 g/mol. The Labute approximate surface area is 72.9 Å². The minimum absolute atomic E-state index is 0.0659. The molecule has 0 spiro atoms. The molecule has 1 rings (SSSR count). The zero-order valence-electron chi connectivity index (χ0n) is 7.16. The molecule has 0 aromatic carbocycles. The van der Waals surface area contributed by atoms with Crippen LogP contribution in [0.25, 0.3) is 0 Å². The second-order valence-corrected chi connectivity index (χ2v) is 5.40. The highest BCUT2D eigenvalue weighted by Gasteiger charge is 2.32. The fraction of sp³-hybridized carbons (Fsp3) is 1.00. The zero-order valence-corrected chi connectivity index (χ0v) is 7.97. The van der Waals surface area contributed by atoms with E-state index in [1.165, 1.54) is 0 Å². The first kappa shape index (κ1) is 9.95. The van der Waals surface area contributed by atoms with E-state index in [1.54, 1.807) is 0 Å². The lowest BCUT2D eigenvalue weighted by Gasteiger charge is -2.27. The largest absolute Gasteiger partial charge is 0.392 e. The lowest BCUT2D eigenvalue weighted by Crippen LogP contribution is -2.52. The van der Waals surface area contributed by atoms with Gasteiger partial charge in [0.05, 0.1) is 17.6 Å².